The monoisotopic (exact) mass is 570 g/mol. The van der Waals surface area contributed by atoms with Gasteiger partial charge in [0.2, 0.25) is 0 Å². The van der Waals surface area contributed by atoms with Crippen molar-refractivity contribution < 1.29 is 0 Å². The molecule has 0 unspecified atom stereocenters. The molecule has 0 aromatic heterocycles. The van der Waals surface area contributed by atoms with Crippen LogP contribution in [0.2, 0.25) is 0 Å². The van der Waals surface area contributed by atoms with E-state index in [-0.39, 0.29) is 0 Å². The standard InChI is InChI=1S/C24H28I2/c25-17-9-1-3-11-19-21-13-5-7-15-23(21)20(12-4-2-10-18-26)24-16-8-6-14-22(19)24/h5-8,13-16H,1-4,9-12,17-18H2. The van der Waals surface area contributed by atoms with Gasteiger partial charge in [0.25, 0.3) is 0 Å². The number of alkyl halides is 2. The van der Waals surface area contributed by atoms with Gasteiger partial charge in [-0.05, 0) is 80.1 Å². The van der Waals surface area contributed by atoms with E-state index in [4.69, 9.17) is 0 Å². The second-order valence-corrected chi connectivity index (χ2v) is 9.21. The highest BCUT2D eigenvalue weighted by molar-refractivity contribution is 14.1. The molecule has 3 aromatic rings. The predicted molar refractivity (Wildman–Crippen MR) is 134 cm³/mol. The molecule has 0 fully saturated rings. The molecule has 0 radical (unpaired) electrons. The smallest absolute Gasteiger partial charge is 0.000473 e. The van der Waals surface area contributed by atoms with E-state index in [1.165, 1.54) is 81.8 Å². The van der Waals surface area contributed by atoms with Gasteiger partial charge in [-0.1, -0.05) is 107 Å². The van der Waals surface area contributed by atoms with Crippen molar-refractivity contribution in [3.63, 3.8) is 0 Å². The summed E-state index contributed by atoms with van der Waals surface area (Å²) in [5, 5.41) is 5.96. The molecule has 3 aromatic carbocycles. The fraction of sp³-hybridized carbons (Fsp3) is 0.417. The van der Waals surface area contributed by atoms with Crippen LogP contribution < -0.4 is 0 Å². The van der Waals surface area contributed by atoms with Crippen molar-refractivity contribution >= 4 is 66.7 Å². The molecule has 0 saturated heterocycles. The lowest BCUT2D eigenvalue weighted by Crippen LogP contribution is -1.97. The molecule has 0 nitrogen and oxygen atoms in total. The van der Waals surface area contributed by atoms with Crippen molar-refractivity contribution in [2.75, 3.05) is 8.86 Å². The fourth-order valence-electron chi connectivity index (χ4n) is 3.99. The number of hydrogen-bond acceptors (Lipinski definition) is 0. The SMILES string of the molecule is ICCCCCc1c2ccccc2c(CCCCCI)c2ccccc12. The van der Waals surface area contributed by atoms with E-state index in [2.05, 4.69) is 93.7 Å². The first kappa shape index (κ1) is 20.4. The fourth-order valence-corrected chi connectivity index (χ4v) is 5.07. The number of halogens is 2. The van der Waals surface area contributed by atoms with E-state index in [1.807, 2.05) is 0 Å². The zero-order valence-corrected chi connectivity index (χ0v) is 19.8. The van der Waals surface area contributed by atoms with Gasteiger partial charge < -0.3 is 0 Å². The van der Waals surface area contributed by atoms with E-state index in [0.29, 0.717) is 0 Å². The molecule has 0 aliphatic rings. The van der Waals surface area contributed by atoms with Gasteiger partial charge in [0.15, 0.2) is 0 Å². The summed E-state index contributed by atoms with van der Waals surface area (Å²) in [5.74, 6) is 0. The highest BCUT2D eigenvalue weighted by atomic mass is 127. The van der Waals surface area contributed by atoms with E-state index < -0.39 is 0 Å². The molecule has 26 heavy (non-hydrogen) atoms. The topological polar surface area (TPSA) is 0 Å². The maximum Gasteiger partial charge on any atom is -0.000473 e. The molecule has 138 valence electrons. The first-order valence-electron chi connectivity index (χ1n) is 9.90. The van der Waals surface area contributed by atoms with Gasteiger partial charge in [0, 0.05) is 0 Å². The Morgan fingerprint density at radius 2 is 0.808 bits per heavy atom. The van der Waals surface area contributed by atoms with E-state index in [1.54, 1.807) is 11.1 Å². The number of fused-ring (bicyclic) bond motifs is 2. The molecular formula is C24H28I2. The van der Waals surface area contributed by atoms with Crippen molar-refractivity contribution in [1.82, 2.24) is 0 Å². The van der Waals surface area contributed by atoms with Gasteiger partial charge >= 0.3 is 0 Å². The van der Waals surface area contributed by atoms with E-state index in [9.17, 15) is 0 Å². The second kappa shape index (κ2) is 10.8. The van der Waals surface area contributed by atoms with Crippen LogP contribution in [0.3, 0.4) is 0 Å². The highest BCUT2D eigenvalue weighted by Crippen LogP contribution is 2.35. The maximum atomic E-state index is 2.49. The van der Waals surface area contributed by atoms with Crippen LogP contribution in [0.1, 0.15) is 49.7 Å². The van der Waals surface area contributed by atoms with Crippen molar-refractivity contribution in [3.05, 3.63) is 59.7 Å². The van der Waals surface area contributed by atoms with Gasteiger partial charge in [-0.25, -0.2) is 0 Å². The molecule has 0 bridgehead atoms. The molecular weight excluding hydrogens is 542 g/mol. The van der Waals surface area contributed by atoms with Crippen molar-refractivity contribution in [1.29, 1.82) is 0 Å². The third-order valence-corrected chi connectivity index (χ3v) is 6.80. The summed E-state index contributed by atoms with van der Waals surface area (Å²) in [6.07, 6.45) is 10.3. The molecule has 3 rings (SSSR count). The third-order valence-electron chi connectivity index (χ3n) is 5.28. The normalized spacial score (nSPS) is 11.5. The van der Waals surface area contributed by atoms with Gasteiger partial charge in [-0.15, -0.1) is 0 Å². The molecule has 0 saturated carbocycles. The molecule has 0 heterocycles. The summed E-state index contributed by atoms with van der Waals surface area (Å²) in [7, 11) is 0. The quantitative estimate of drug-likeness (QED) is 0.0997. The molecule has 0 amide bonds. The predicted octanol–water partition coefficient (Wildman–Crippen LogP) is 8.29. The Morgan fingerprint density at radius 1 is 0.462 bits per heavy atom. The molecule has 0 spiro atoms. The van der Waals surface area contributed by atoms with Crippen LogP contribution >= 0.6 is 45.2 Å². The lowest BCUT2D eigenvalue weighted by atomic mass is 9.87. The number of rotatable bonds is 10. The minimum atomic E-state index is 1.20. The van der Waals surface area contributed by atoms with Crippen molar-refractivity contribution in [3.8, 4) is 0 Å². The molecule has 0 aliphatic heterocycles. The largest absolute Gasteiger partial charge is 0.0864 e. The van der Waals surface area contributed by atoms with Gasteiger partial charge in [-0.3, -0.25) is 0 Å². The lowest BCUT2D eigenvalue weighted by molar-refractivity contribution is 0.728. The van der Waals surface area contributed by atoms with Gasteiger partial charge in [-0.2, -0.15) is 0 Å². The maximum absolute atomic E-state index is 2.49. The van der Waals surface area contributed by atoms with E-state index in [0.717, 1.165) is 0 Å². The Kier molecular flexibility index (Phi) is 8.50. The number of benzene rings is 3. The Balaban J connectivity index is 2.03. The van der Waals surface area contributed by atoms with E-state index >= 15 is 0 Å². The zero-order chi connectivity index (χ0) is 18.2. The summed E-state index contributed by atoms with van der Waals surface area (Å²) >= 11 is 4.99. The van der Waals surface area contributed by atoms with Gasteiger partial charge in [0.05, 0.1) is 0 Å². The summed E-state index contributed by atoms with van der Waals surface area (Å²) in [5.41, 5.74) is 3.14. The number of hydrogen-bond donors (Lipinski definition) is 0. The minimum Gasteiger partial charge on any atom is -0.0864 e. The van der Waals surface area contributed by atoms with Crippen LogP contribution in [-0.4, -0.2) is 8.86 Å². The average Bonchev–Trinajstić information content (AvgIpc) is 2.69. The summed E-state index contributed by atoms with van der Waals surface area (Å²) in [6.45, 7) is 0. The van der Waals surface area contributed by atoms with Crippen LogP contribution in [-0.2, 0) is 12.8 Å². The molecule has 0 N–H and O–H groups in total. The van der Waals surface area contributed by atoms with Crippen LogP contribution in [0.25, 0.3) is 21.5 Å². The minimum absolute atomic E-state index is 1.20. The number of aryl methyl sites for hydroxylation is 2. The van der Waals surface area contributed by atoms with Crippen LogP contribution in [0.4, 0.5) is 0 Å². The van der Waals surface area contributed by atoms with Crippen LogP contribution in [0.15, 0.2) is 48.5 Å². The summed E-state index contributed by atoms with van der Waals surface area (Å²) < 4.78 is 2.55. The van der Waals surface area contributed by atoms with Crippen molar-refractivity contribution in [2.45, 2.75) is 51.4 Å². The zero-order valence-electron chi connectivity index (χ0n) is 15.4. The third kappa shape index (κ3) is 4.92. The lowest BCUT2D eigenvalue weighted by Gasteiger charge is -2.17. The number of unbranched alkanes of at least 4 members (excludes halogenated alkanes) is 4. The molecule has 0 aliphatic carbocycles. The van der Waals surface area contributed by atoms with Crippen LogP contribution in [0.5, 0.6) is 0 Å². The second-order valence-electron chi connectivity index (χ2n) is 7.05. The first-order valence-corrected chi connectivity index (χ1v) is 12.9. The summed E-state index contributed by atoms with van der Waals surface area (Å²) in [4.78, 5) is 0. The Morgan fingerprint density at radius 3 is 1.12 bits per heavy atom. The van der Waals surface area contributed by atoms with Crippen LogP contribution in [0, 0.1) is 0 Å². The van der Waals surface area contributed by atoms with Crippen molar-refractivity contribution in [2.24, 2.45) is 0 Å². The Bertz CT molecular complexity index is 711. The average molecular weight is 570 g/mol. The van der Waals surface area contributed by atoms with Gasteiger partial charge in [0.1, 0.15) is 0 Å². The molecule has 0 atom stereocenters. The highest BCUT2D eigenvalue weighted by Gasteiger charge is 2.13. The Labute approximate surface area is 185 Å². The Hall–Kier alpha value is -0.360. The molecule has 2 heteroatoms. The summed E-state index contributed by atoms with van der Waals surface area (Å²) in [6, 6.07) is 18.3. The first-order chi connectivity index (χ1) is 12.9.